The second-order valence-corrected chi connectivity index (χ2v) is 5.64. The summed E-state index contributed by atoms with van der Waals surface area (Å²) < 4.78 is 5.04. The highest BCUT2D eigenvalue weighted by atomic mass is 127. The molecule has 1 amide bonds. The Bertz CT molecular complexity index is 353. The summed E-state index contributed by atoms with van der Waals surface area (Å²) >= 11 is 0. The zero-order valence-corrected chi connectivity index (χ0v) is 17.1. The molecule has 1 fully saturated rings. The third-order valence-electron chi connectivity index (χ3n) is 3.80. The normalized spacial score (nSPS) is 17.8. The van der Waals surface area contributed by atoms with Crippen LogP contribution in [0.2, 0.25) is 0 Å². The molecule has 1 aliphatic heterocycles. The van der Waals surface area contributed by atoms with E-state index in [2.05, 4.69) is 22.5 Å². The highest BCUT2D eigenvalue weighted by Gasteiger charge is 2.25. The summed E-state index contributed by atoms with van der Waals surface area (Å²) in [6, 6.07) is 0.307. The molecule has 0 bridgehead atoms. The van der Waals surface area contributed by atoms with Gasteiger partial charge in [0.05, 0.1) is 0 Å². The van der Waals surface area contributed by atoms with Crippen molar-refractivity contribution in [1.82, 2.24) is 15.5 Å². The van der Waals surface area contributed by atoms with Crippen molar-refractivity contribution in [3.05, 3.63) is 0 Å². The van der Waals surface area contributed by atoms with E-state index < -0.39 is 0 Å². The number of nitrogens with zero attached hydrogens (tertiary/aromatic N) is 2. The van der Waals surface area contributed by atoms with E-state index in [0.717, 1.165) is 64.4 Å². The summed E-state index contributed by atoms with van der Waals surface area (Å²) in [6.07, 6.45) is 4.88. The number of rotatable bonds is 9. The molecule has 2 N–H and O–H groups in total. The Kier molecular flexibility index (Phi) is 13.5. The van der Waals surface area contributed by atoms with Gasteiger partial charge in [-0.3, -0.25) is 9.79 Å². The van der Waals surface area contributed by atoms with Crippen LogP contribution in [0.5, 0.6) is 0 Å². The fourth-order valence-corrected chi connectivity index (χ4v) is 2.57. The number of carbonyl (C=O) groups is 1. The van der Waals surface area contributed by atoms with E-state index in [0.29, 0.717) is 12.5 Å². The largest absolute Gasteiger partial charge is 0.385 e. The second-order valence-electron chi connectivity index (χ2n) is 5.64. The maximum atomic E-state index is 11.7. The van der Waals surface area contributed by atoms with Crippen LogP contribution in [0, 0.1) is 0 Å². The molecule has 1 saturated heterocycles. The van der Waals surface area contributed by atoms with Crippen molar-refractivity contribution >= 4 is 35.8 Å². The number of ether oxygens (including phenoxy) is 1. The van der Waals surface area contributed by atoms with E-state index in [1.165, 1.54) is 0 Å². The molecule has 6 nitrogen and oxygen atoms in total. The number of nitrogens with one attached hydrogen (secondary N) is 2. The molecule has 1 atom stereocenters. The van der Waals surface area contributed by atoms with Crippen LogP contribution in [0.4, 0.5) is 0 Å². The zero-order chi connectivity index (χ0) is 16.2. The smallest absolute Gasteiger partial charge is 0.222 e. The first-order chi connectivity index (χ1) is 10.7. The first kappa shape index (κ1) is 22.4. The summed E-state index contributed by atoms with van der Waals surface area (Å²) in [5.74, 6) is 1.11. The van der Waals surface area contributed by atoms with Crippen LogP contribution >= 0.6 is 24.0 Å². The summed E-state index contributed by atoms with van der Waals surface area (Å²) in [5.41, 5.74) is 0. The number of amides is 1. The minimum atomic E-state index is 0. The van der Waals surface area contributed by atoms with Crippen molar-refractivity contribution in [2.75, 3.05) is 39.9 Å². The van der Waals surface area contributed by atoms with Crippen LogP contribution < -0.4 is 10.6 Å². The van der Waals surface area contributed by atoms with E-state index in [-0.39, 0.29) is 29.9 Å². The number of unbranched alkanes of at least 4 members (excludes halogenated alkanes) is 2. The quantitative estimate of drug-likeness (QED) is 0.249. The molecule has 7 heteroatoms. The number of likely N-dealkylation sites (tertiary alicyclic amines) is 1. The van der Waals surface area contributed by atoms with Gasteiger partial charge in [0, 0.05) is 52.4 Å². The van der Waals surface area contributed by atoms with Crippen LogP contribution in [-0.2, 0) is 9.53 Å². The number of methoxy groups -OCH3 is 1. The molecule has 0 spiro atoms. The van der Waals surface area contributed by atoms with Crippen molar-refractivity contribution in [1.29, 1.82) is 0 Å². The Balaban J connectivity index is 0.00000484. The number of aliphatic imine (C=N–C) groups is 1. The predicted molar refractivity (Wildman–Crippen MR) is 106 cm³/mol. The molecule has 1 rings (SSSR count). The summed E-state index contributed by atoms with van der Waals surface area (Å²) in [4.78, 5) is 18.3. The minimum Gasteiger partial charge on any atom is -0.385 e. The summed E-state index contributed by atoms with van der Waals surface area (Å²) in [6.45, 7) is 8.11. The Morgan fingerprint density at radius 2 is 2.09 bits per heavy atom. The Labute approximate surface area is 157 Å². The lowest BCUT2D eigenvalue weighted by Crippen LogP contribution is -2.45. The van der Waals surface area contributed by atoms with Gasteiger partial charge in [0.15, 0.2) is 5.96 Å². The van der Waals surface area contributed by atoms with Gasteiger partial charge in [0.1, 0.15) is 0 Å². The van der Waals surface area contributed by atoms with Crippen molar-refractivity contribution in [3.63, 3.8) is 0 Å². The second kappa shape index (κ2) is 13.8. The Hall–Kier alpha value is -0.570. The fraction of sp³-hybridized carbons (Fsp3) is 0.875. The van der Waals surface area contributed by atoms with Crippen molar-refractivity contribution < 1.29 is 9.53 Å². The van der Waals surface area contributed by atoms with Crippen LogP contribution in [0.3, 0.4) is 0 Å². The van der Waals surface area contributed by atoms with Gasteiger partial charge in [0.2, 0.25) is 5.91 Å². The van der Waals surface area contributed by atoms with Gasteiger partial charge in [-0.05, 0) is 32.6 Å². The van der Waals surface area contributed by atoms with E-state index in [9.17, 15) is 4.79 Å². The summed E-state index contributed by atoms with van der Waals surface area (Å²) in [7, 11) is 1.74. The van der Waals surface area contributed by atoms with Gasteiger partial charge < -0.3 is 20.3 Å². The molecular formula is C16H33IN4O2. The van der Waals surface area contributed by atoms with Crippen LogP contribution in [-0.4, -0.2) is 62.7 Å². The van der Waals surface area contributed by atoms with E-state index in [1.807, 2.05) is 11.8 Å². The number of halogens is 1. The highest BCUT2D eigenvalue weighted by Crippen LogP contribution is 2.10. The molecule has 136 valence electrons. The Morgan fingerprint density at radius 3 is 2.74 bits per heavy atom. The zero-order valence-electron chi connectivity index (χ0n) is 14.8. The molecule has 1 heterocycles. The molecule has 1 unspecified atom stereocenters. The SMILES string of the molecule is CCNC(=NCCCCCOC)NC1CCN(C(=O)CC)C1.I. The van der Waals surface area contributed by atoms with E-state index in [1.54, 1.807) is 7.11 Å². The molecule has 0 aromatic rings. The fourth-order valence-electron chi connectivity index (χ4n) is 2.57. The van der Waals surface area contributed by atoms with Gasteiger partial charge in [-0.25, -0.2) is 0 Å². The topological polar surface area (TPSA) is 66.0 Å². The maximum absolute atomic E-state index is 11.7. The van der Waals surface area contributed by atoms with Crippen molar-refractivity contribution in [3.8, 4) is 0 Å². The predicted octanol–water partition coefficient (Wildman–Crippen LogP) is 1.99. The third-order valence-corrected chi connectivity index (χ3v) is 3.80. The van der Waals surface area contributed by atoms with Crippen LogP contribution in [0.15, 0.2) is 4.99 Å². The molecular weight excluding hydrogens is 407 g/mol. The van der Waals surface area contributed by atoms with Crippen LogP contribution in [0.25, 0.3) is 0 Å². The van der Waals surface area contributed by atoms with Gasteiger partial charge in [-0.15, -0.1) is 24.0 Å². The molecule has 0 saturated carbocycles. The van der Waals surface area contributed by atoms with Gasteiger partial charge >= 0.3 is 0 Å². The average molecular weight is 440 g/mol. The standard InChI is InChI=1S/C16H32N4O2.HI/c1-4-15(21)20-11-9-14(13-20)19-16(17-5-2)18-10-7-6-8-12-22-3;/h14H,4-13H2,1-3H3,(H2,17,18,19);1H. The lowest BCUT2D eigenvalue weighted by atomic mass is 10.2. The first-order valence-electron chi connectivity index (χ1n) is 8.52. The van der Waals surface area contributed by atoms with E-state index in [4.69, 9.17) is 4.74 Å². The number of hydrogen-bond donors (Lipinski definition) is 2. The third kappa shape index (κ3) is 9.34. The number of hydrogen-bond acceptors (Lipinski definition) is 3. The van der Waals surface area contributed by atoms with E-state index >= 15 is 0 Å². The maximum Gasteiger partial charge on any atom is 0.222 e. The number of carbonyl (C=O) groups excluding carboxylic acids is 1. The van der Waals surface area contributed by atoms with Gasteiger partial charge in [-0.2, -0.15) is 0 Å². The lowest BCUT2D eigenvalue weighted by Gasteiger charge is -2.18. The monoisotopic (exact) mass is 440 g/mol. The molecule has 0 aromatic heterocycles. The minimum absolute atomic E-state index is 0. The van der Waals surface area contributed by atoms with Gasteiger partial charge in [-0.1, -0.05) is 6.92 Å². The van der Waals surface area contributed by atoms with Crippen molar-refractivity contribution in [2.24, 2.45) is 4.99 Å². The number of guanidine groups is 1. The van der Waals surface area contributed by atoms with Crippen LogP contribution in [0.1, 0.15) is 46.0 Å². The molecule has 0 radical (unpaired) electrons. The van der Waals surface area contributed by atoms with Crippen molar-refractivity contribution in [2.45, 2.75) is 52.0 Å². The summed E-state index contributed by atoms with van der Waals surface area (Å²) in [5, 5.41) is 6.73. The first-order valence-corrected chi connectivity index (χ1v) is 8.52. The lowest BCUT2D eigenvalue weighted by molar-refractivity contribution is -0.129. The molecule has 0 aromatic carbocycles. The highest BCUT2D eigenvalue weighted by molar-refractivity contribution is 14.0. The Morgan fingerprint density at radius 1 is 1.30 bits per heavy atom. The molecule has 23 heavy (non-hydrogen) atoms. The molecule has 0 aliphatic carbocycles. The van der Waals surface area contributed by atoms with Gasteiger partial charge in [0.25, 0.3) is 0 Å². The average Bonchev–Trinajstić information content (AvgIpc) is 2.98. The molecule has 1 aliphatic rings.